The van der Waals surface area contributed by atoms with Crippen molar-refractivity contribution >= 4 is 15.8 Å². The summed E-state index contributed by atoms with van der Waals surface area (Å²) in [6.07, 6.45) is 1.14. The Morgan fingerprint density at radius 1 is 1.09 bits per heavy atom. The van der Waals surface area contributed by atoms with Gasteiger partial charge in [-0.15, -0.1) is 0 Å². The monoisotopic (exact) mass is 473 g/mol. The molecular weight excluding hydrogens is 450 g/mol. The van der Waals surface area contributed by atoms with E-state index >= 15 is 0 Å². The zero-order valence-electron chi connectivity index (χ0n) is 18.0. The highest BCUT2D eigenvalue weighted by atomic mass is 32.2. The molecule has 2 aromatic carbocycles. The number of ether oxygens (including phenoxy) is 4. The van der Waals surface area contributed by atoms with Gasteiger partial charge in [-0.25, -0.2) is 13.4 Å². The Balaban J connectivity index is 1.67. The number of aliphatic hydroxyl groups is 1. The first-order chi connectivity index (χ1) is 15.9. The first kappa shape index (κ1) is 22.6. The molecule has 2 N–H and O–H groups in total. The highest BCUT2D eigenvalue weighted by Crippen LogP contribution is 2.40. The number of hydrogen-bond acceptors (Lipinski definition) is 9. The van der Waals surface area contributed by atoms with E-state index in [-0.39, 0.29) is 48.3 Å². The van der Waals surface area contributed by atoms with Crippen molar-refractivity contribution in [2.24, 2.45) is 0 Å². The molecule has 1 aliphatic rings. The second-order valence-corrected chi connectivity index (χ2v) is 9.06. The summed E-state index contributed by atoms with van der Waals surface area (Å²) >= 11 is 0. The molecule has 33 heavy (non-hydrogen) atoms. The van der Waals surface area contributed by atoms with Gasteiger partial charge in [-0.3, -0.25) is 4.72 Å². The van der Waals surface area contributed by atoms with Crippen molar-refractivity contribution in [2.75, 3.05) is 24.7 Å². The van der Waals surface area contributed by atoms with Gasteiger partial charge in [0.15, 0.2) is 17.3 Å². The summed E-state index contributed by atoms with van der Waals surface area (Å²) in [6.45, 7) is 3.81. The average molecular weight is 474 g/mol. The van der Waals surface area contributed by atoms with Crippen LogP contribution in [-0.2, 0) is 10.0 Å². The number of nitrogens with zero attached hydrogens (tertiary/aromatic N) is 2. The summed E-state index contributed by atoms with van der Waals surface area (Å²) in [5.41, 5.74) is 1.02. The molecule has 11 heteroatoms. The number of hydrogen-bond donors (Lipinski definition) is 2. The van der Waals surface area contributed by atoms with Gasteiger partial charge in [0.1, 0.15) is 18.7 Å². The maximum absolute atomic E-state index is 13.0. The summed E-state index contributed by atoms with van der Waals surface area (Å²) < 4.78 is 50.5. The van der Waals surface area contributed by atoms with Crippen LogP contribution < -0.4 is 23.7 Å². The lowest BCUT2D eigenvalue weighted by Gasteiger charge is -2.16. The van der Waals surface area contributed by atoms with Crippen molar-refractivity contribution < 1.29 is 32.5 Å². The Hall–Kier alpha value is -3.57. The molecule has 0 saturated carbocycles. The Morgan fingerprint density at radius 3 is 2.58 bits per heavy atom. The van der Waals surface area contributed by atoms with Gasteiger partial charge < -0.3 is 24.1 Å². The van der Waals surface area contributed by atoms with E-state index < -0.39 is 10.0 Å². The van der Waals surface area contributed by atoms with Gasteiger partial charge in [0.2, 0.25) is 12.5 Å². The fourth-order valence-electron chi connectivity index (χ4n) is 3.04. The van der Waals surface area contributed by atoms with Gasteiger partial charge in [0.25, 0.3) is 15.9 Å². The topological polar surface area (TPSA) is 129 Å². The quantitative estimate of drug-likeness (QED) is 0.481. The summed E-state index contributed by atoms with van der Waals surface area (Å²) in [5.74, 6) is 1.41. The number of nitrogens with one attached hydrogen (secondary N) is 1. The number of benzene rings is 2. The lowest BCUT2D eigenvalue weighted by atomic mass is 10.0. The third-order valence-electron chi connectivity index (χ3n) is 4.75. The van der Waals surface area contributed by atoms with E-state index in [1.165, 1.54) is 12.1 Å². The minimum absolute atomic E-state index is 0.0374. The highest BCUT2D eigenvalue weighted by molar-refractivity contribution is 7.92. The minimum atomic E-state index is -3.99. The Kier molecular flexibility index (Phi) is 6.52. The Labute approximate surface area is 191 Å². The van der Waals surface area contributed by atoms with Gasteiger partial charge in [-0.1, -0.05) is 26.0 Å². The van der Waals surface area contributed by atoms with Gasteiger partial charge in [-0.05, 0) is 35.7 Å². The second-order valence-electron chi connectivity index (χ2n) is 7.37. The van der Waals surface area contributed by atoms with E-state index in [0.29, 0.717) is 17.2 Å². The largest absolute Gasteiger partial charge is 0.472 e. The number of fused-ring (bicyclic) bond motifs is 1. The lowest BCUT2D eigenvalue weighted by Crippen LogP contribution is -2.15. The SMILES string of the molecule is CC(C)c1ccc(S(=O)(=O)Nc2ncnc(OCCO)c2Oc2ccc3c(c2)OCO3)cc1. The van der Waals surface area contributed by atoms with Crippen LogP contribution in [0.5, 0.6) is 28.9 Å². The Bertz CT molecular complexity index is 1230. The van der Waals surface area contributed by atoms with Crippen molar-refractivity contribution in [1.82, 2.24) is 9.97 Å². The van der Waals surface area contributed by atoms with Crippen molar-refractivity contribution in [3.63, 3.8) is 0 Å². The molecule has 4 rings (SSSR count). The molecule has 10 nitrogen and oxygen atoms in total. The number of sulfonamides is 1. The van der Waals surface area contributed by atoms with Crippen LogP contribution in [0, 0.1) is 0 Å². The molecule has 174 valence electrons. The molecule has 2 heterocycles. The molecule has 0 atom stereocenters. The number of aromatic nitrogens is 2. The molecule has 0 aliphatic carbocycles. The molecule has 1 aromatic heterocycles. The van der Waals surface area contributed by atoms with Crippen molar-refractivity contribution in [2.45, 2.75) is 24.7 Å². The fourth-order valence-corrected chi connectivity index (χ4v) is 4.06. The zero-order chi connectivity index (χ0) is 23.4. The molecule has 1 aliphatic heterocycles. The molecule has 0 amide bonds. The van der Waals surface area contributed by atoms with Gasteiger partial charge in [0.05, 0.1) is 11.5 Å². The van der Waals surface area contributed by atoms with Crippen LogP contribution in [0.15, 0.2) is 53.7 Å². The summed E-state index contributed by atoms with van der Waals surface area (Å²) in [5, 5.41) is 9.13. The van der Waals surface area contributed by atoms with Crippen LogP contribution >= 0.6 is 0 Å². The van der Waals surface area contributed by atoms with E-state index in [1.807, 2.05) is 13.8 Å². The standard InChI is InChI=1S/C22H23N3O7S/c1-14(2)15-3-6-17(7-4-15)33(27,28)25-21-20(22(24-12-23-21)29-10-9-26)32-16-5-8-18-19(11-16)31-13-30-18/h3-8,11-12,14,26H,9-10,13H2,1-2H3,(H,23,24,25). The molecule has 0 saturated heterocycles. The van der Waals surface area contributed by atoms with Crippen molar-refractivity contribution in [3.8, 4) is 28.9 Å². The van der Waals surface area contributed by atoms with Crippen LogP contribution in [0.25, 0.3) is 0 Å². The Morgan fingerprint density at radius 2 is 1.85 bits per heavy atom. The van der Waals surface area contributed by atoms with E-state index in [2.05, 4.69) is 14.7 Å². The summed E-state index contributed by atoms with van der Waals surface area (Å²) in [4.78, 5) is 8.13. The second kappa shape index (κ2) is 9.51. The molecule has 0 spiro atoms. The fraction of sp³-hybridized carbons (Fsp3) is 0.273. The number of aliphatic hydroxyl groups excluding tert-OH is 1. The third kappa shape index (κ3) is 5.10. The smallest absolute Gasteiger partial charge is 0.263 e. The predicted molar refractivity (Wildman–Crippen MR) is 119 cm³/mol. The van der Waals surface area contributed by atoms with E-state index in [1.54, 1.807) is 30.3 Å². The van der Waals surface area contributed by atoms with Crippen LogP contribution in [0.2, 0.25) is 0 Å². The number of anilines is 1. The minimum Gasteiger partial charge on any atom is -0.472 e. The maximum atomic E-state index is 13.0. The number of rotatable bonds is 9. The van der Waals surface area contributed by atoms with Gasteiger partial charge >= 0.3 is 0 Å². The highest BCUT2D eigenvalue weighted by Gasteiger charge is 2.23. The van der Waals surface area contributed by atoms with E-state index in [4.69, 9.17) is 24.1 Å². The first-order valence-electron chi connectivity index (χ1n) is 10.2. The van der Waals surface area contributed by atoms with Crippen LogP contribution in [-0.4, -0.2) is 43.5 Å². The lowest BCUT2D eigenvalue weighted by molar-refractivity contribution is 0.174. The third-order valence-corrected chi connectivity index (χ3v) is 6.11. The molecule has 0 bridgehead atoms. The average Bonchev–Trinajstić information content (AvgIpc) is 3.27. The molecule has 0 radical (unpaired) electrons. The van der Waals surface area contributed by atoms with E-state index in [9.17, 15) is 8.42 Å². The first-order valence-corrected chi connectivity index (χ1v) is 11.6. The molecule has 3 aromatic rings. The van der Waals surface area contributed by atoms with Crippen LogP contribution in [0.1, 0.15) is 25.3 Å². The molecule has 0 unspecified atom stereocenters. The van der Waals surface area contributed by atoms with Crippen molar-refractivity contribution in [3.05, 3.63) is 54.4 Å². The van der Waals surface area contributed by atoms with Gasteiger partial charge in [0, 0.05) is 6.07 Å². The maximum Gasteiger partial charge on any atom is 0.263 e. The van der Waals surface area contributed by atoms with Crippen LogP contribution in [0.4, 0.5) is 5.82 Å². The molecule has 0 fully saturated rings. The van der Waals surface area contributed by atoms with E-state index in [0.717, 1.165) is 11.9 Å². The summed E-state index contributed by atoms with van der Waals surface area (Å²) in [6, 6.07) is 11.5. The predicted octanol–water partition coefficient (Wildman–Crippen LogP) is 3.29. The molecular formula is C22H23N3O7S. The van der Waals surface area contributed by atoms with Crippen LogP contribution in [0.3, 0.4) is 0 Å². The zero-order valence-corrected chi connectivity index (χ0v) is 18.8. The van der Waals surface area contributed by atoms with Gasteiger partial charge in [-0.2, -0.15) is 4.98 Å². The van der Waals surface area contributed by atoms with Crippen molar-refractivity contribution in [1.29, 1.82) is 0 Å². The normalized spacial score (nSPS) is 12.6. The summed E-state index contributed by atoms with van der Waals surface area (Å²) in [7, 11) is -3.99.